The third-order valence-corrected chi connectivity index (χ3v) is 5.69. The van der Waals surface area contributed by atoms with Crippen molar-refractivity contribution in [2.45, 2.75) is 56.3 Å². The summed E-state index contributed by atoms with van der Waals surface area (Å²) in [5, 5.41) is 16.8. The lowest BCUT2D eigenvalue weighted by molar-refractivity contribution is -0.142. The molecule has 1 aromatic rings. The van der Waals surface area contributed by atoms with Gasteiger partial charge in [-0.05, 0) is 24.8 Å². The molecule has 0 fully saturated rings. The SMILES string of the molecule is NC(=O)CCC(NC(=O)C(N)CCCN=C(N)N)C(=O)NC(CS)C(=O)NC(Cc1ccccc1)C(=O)O. The predicted octanol–water partition coefficient (Wildman–Crippen LogP) is -2.66. The number of hydrogen-bond acceptors (Lipinski definition) is 8. The number of nitrogens with zero attached hydrogens (tertiary/aromatic N) is 1. The molecule has 4 atom stereocenters. The molecule has 1 rings (SSSR count). The molecule has 1 aromatic carbocycles. The van der Waals surface area contributed by atoms with Crippen molar-refractivity contribution in [3.8, 4) is 0 Å². The Balaban J connectivity index is 2.84. The van der Waals surface area contributed by atoms with Crippen LogP contribution in [0.25, 0.3) is 0 Å². The van der Waals surface area contributed by atoms with E-state index < -0.39 is 53.8 Å². The van der Waals surface area contributed by atoms with Gasteiger partial charge in [0.2, 0.25) is 23.6 Å². The second-order valence-electron chi connectivity index (χ2n) is 8.45. The number of carbonyl (C=O) groups excluding carboxylic acids is 4. The molecule has 0 aliphatic heterocycles. The minimum absolute atomic E-state index is 0.0213. The number of benzene rings is 1. The summed E-state index contributed by atoms with van der Waals surface area (Å²) < 4.78 is 0. The monoisotopic (exact) mass is 552 g/mol. The molecule has 210 valence electrons. The van der Waals surface area contributed by atoms with E-state index in [9.17, 15) is 29.1 Å². The molecular formula is C23H36N8O6S. The summed E-state index contributed by atoms with van der Waals surface area (Å²) in [6, 6.07) is 3.97. The van der Waals surface area contributed by atoms with Crippen LogP contribution < -0.4 is 38.9 Å². The van der Waals surface area contributed by atoms with Gasteiger partial charge in [0, 0.05) is 25.1 Å². The number of rotatable bonds is 17. The van der Waals surface area contributed by atoms with Crippen molar-refractivity contribution >= 4 is 48.2 Å². The van der Waals surface area contributed by atoms with Crippen molar-refractivity contribution < 1.29 is 29.1 Å². The number of hydrogen-bond donors (Lipinski definition) is 9. The highest BCUT2D eigenvalue weighted by molar-refractivity contribution is 7.80. The second kappa shape index (κ2) is 16.8. The third kappa shape index (κ3) is 12.4. The van der Waals surface area contributed by atoms with Gasteiger partial charge in [-0.3, -0.25) is 24.2 Å². The van der Waals surface area contributed by atoms with E-state index >= 15 is 0 Å². The first-order valence-corrected chi connectivity index (χ1v) is 12.5. The van der Waals surface area contributed by atoms with E-state index in [-0.39, 0.29) is 43.9 Å². The van der Waals surface area contributed by atoms with Crippen LogP contribution in [-0.4, -0.2) is 77.1 Å². The number of aliphatic imine (C=N–C) groups is 1. The Kier molecular flexibility index (Phi) is 14.2. The molecular weight excluding hydrogens is 516 g/mol. The molecule has 0 bridgehead atoms. The Bertz CT molecular complexity index is 989. The molecule has 15 heteroatoms. The number of nitrogens with one attached hydrogen (secondary N) is 3. The highest BCUT2D eigenvalue weighted by atomic mass is 32.1. The fourth-order valence-corrected chi connectivity index (χ4v) is 3.53. The fraction of sp³-hybridized carbons (Fsp3) is 0.478. The summed E-state index contributed by atoms with van der Waals surface area (Å²) in [5.74, 6) is -4.47. The number of thiol groups is 1. The maximum Gasteiger partial charge on any atom is 0.326 e. The van der Waals surface area contributed by atoms with Crippen LogP contribution in [-0.2, 0) is 30.4 Å². The number of guanidine groups is 1. The van der Waals surface area contributed by atoms with Crippen molar-refractivity contribution in [1.29, 1.82) is 0 Å². The molecule has 4 unspecified atom stereocenters. The first-order valence-electron chi connectivity index (χ1n) is 11.8. The van der Waals surface area contributed by atoms with Gasteiger partial charge < -0.3 is 44.0 Å². The van der Waals surface area contributed by atoms with Crippen LogP contribution >= 0.6 is 12.6 Å². The van der Waals surface area contributed by atoms with E-state index in [1.54, 1.807) is 30.3 Å². The van der Waals surface area contributed by atoms with E-state index in [1.807, 2.05) is 0 Å². The number of carboxylic acids is 1. The van der Waals surface area contributed by atoms with Crippen molar-refractivity contribution in [1.82, 2.24) is 16.0 Å². The lowest BCUT2D eigenvalue weighted by Crippen LogP contribution is -2.58. The van der Waals surface area contributed by atoms with Gasteiger partial charge in [-0.15, -0.1) is 0 Å². The molecule has 0 radical (unpaired) electrons. The van der Waals surface area contributed by atoms with Crippen LogP contribution in [0.3, 0.4) is 0 Å². The molecule has 0 spiro atoms. The average molecular weight is 553 g/mol. The average Bonchev–Trinajstić information content (AvgIpc) is 2.86. The number of carbonyl (C=O) groups is 5. The van der Waals surface area contributed by atoms with E-state index in [2.05, 4.69) is 33.6 Å². The third-order valence-electron chi connectivity index (χ3n) is 5.33. The highest BCUT2D eigenvalue weighted by Gasteiger charge is 2.30. The molecule has 0 saturated heterocycles. The number of aliphatic carboxylic acids is 1. The molecule has 0 heterocycles. The molecule has 14 nitrogen and oxygen atoms in total. The van der Waals surface area contributed by atoms with Crippen LogP contribution in [0.1, 0.15) is 31.2 Å². The van der Waals surface area contributed by atoms with Crippen molar-refractivity contribution in [3.05, 3.63) is 35.9 Å². The molecule has 0 aliphatic rings. The van der Waals surface area contributed by atoms with Crippen LogP contribution in [0, 0.1) is 0 Å². The van der Waals surface area contributed by atoms with Crippen molar-refractivity contribution in [2.75, 3.05) is 12.3 Å². The molecule has 0 aromatic heterocycles. The van der Waals surface area contributed by atoms with Crippen molar-refractivity contribution in [2.24, 2.45) is 27.9 Å². The second-order valence-corrected chi connectivity index (χ2v) is 8.82. The van der Waals surface area contributed by atoms with Gasteiger partial charge in [-0.25, -0.2) is 4.79 Å². The Morgan fingerprint density at radius 2 is 1.45 bits per heavy atom. The zero-order valence-electron chi connectivity index (χ0n) is 20.8. The van der Waals surface area contributed by atoms with Crippen LogP contribution in [0.15, 0.2) is 35.3 Å². The number of amides is 4. The van der Waals surface area contributed by atoms with Gasteiger partial charge in [0.05, 0.1) is 6.04 Å². The summed E-state index contributed by atoms with van der Waals surface area (Å²) in [6.07, 6.45) is 0.258. The smallest absolute Gasteiger partial charge is 0.326 e. The molecule has 4 amide bonds. The molecule has 38 heavy (non-hydrogen) atoms. The highest BCUT2D eigenvalue weighted by Crippen LogP contribution is 2.06. The molecule has 0 aliphatic carbocycles. The van der Waals surface area contributed by atoms with Gasteiger partial charge >= 0.3 is 5.97 Å². The minimum Gasteiger partial charge on any atom is -0.480 e. The fourth-order valence-electron chi connectivity index (χ4n) is 3.27. The molecule has 0 saturated carbocycles. The summed E-state index contributed by atoms with van der Waals surface area (Å²) in [6.45, 7) is 0.259. The maximum absolute atomic E-state index is 12.9. The first kappa shape index (κ1) is 32.2. The summed E-state index contributed by atoms with van der Waals surface area (Å²) in [5.41, 5.74) is 22.3. The van der Waals surface area contributed by atoms with Gasteiger partial charge in [-0.2, -0.15) is 12.6 Å². The zero-order valence-corrected chi connectivity index (χ0v) is 21.7. The van der Waals surface area contributed by atoms with Gasteiger partial charge in [0.1, 0.15) is 18.1 Å². The Hall–Kier alpha value is -3.85. The lowest BCUT2D eigenvalue weighted by atomic mass is 10.1. The Labute approximate surface area is 225 Å². The molecule has 12 N–H and O–H groups in total. The van der Waals surface area contributed by atoms with Gasteiger partial charge in [0.25, 0.3) is 0 Å². The normalized spacial score (nSPS) is 13.7. The summed E-state index contributed by atoms with van der Waals surface area (Å²) >= 11 is 4.09. The van der Waals surface area contributed by atoms with Crippen molar-refractivity contribution in [3.63, 3.8) is 0 Å². The predicted molar refractivity (Wildman–Crippen MR) is 144 cm³/mol. The van der Waals surface area contributed by atoms with Gasteiger partial charge in [-0.1, -0.05) is 30.3 Å². The summed E-state index contributed by atoms with van der Waals surface area (Å²) in [7, 11) is 0. The van der Waals surface area contributed by atoms with E-state index in [0.29, 0.717) is 12.0 Å². The summed E-state index contributed by atoms with van der Waals surface area (Å²) in [4.78, 5) is 65.0. The van der Waals surface area contributed by atoms with Crippen LogP contribution in [0.4, 0.5) is 0 Å². The standard InChI is InChI=1S/C23H36N8O6S/c24-14(7-4-10-28-23(26)27)19(33)29-15(8-9-18(25)32)20(34)31-17(12-38)21(35)30-16(22(36)37)11-13-5-2-1-3-6-13/h1-3,5-6,14-17,38H,4,7-12,24H2,(H2,25,32)(H,29,33)(H,30,35)(H,31,34)(H,36,37)(H4,26,27,28). The quantitative estimate of drug-likeness (QED) is 0.0422. The number of nitrogens with two attached hydrogens (primary N) is 4. The largest absolute Gasteiger partial charge is 0.480 e. The van der Waals surface area contributed by atoms with Gasteiger partial charge in [0.15, 0.2) is 5.96 Å². The topological polar surface area (TPSA) is 258 Å². The van der Waals surface area contributed by atoms with Crippen LogP contribution in [0.5, 0.6) is 0 Å². The maximum atomic E-state index is 12.9. The number of carboxylic acid groups (broad SMARTS) is 1. The van der Waals surface area contributed by atoms with E-state index in [1.165, 1.54) is 0 Å². The van der Waals surface area contributed by atoms with Crippen LogP contribution in [0.2, 0.25) is 0 Å². The Morgan fingerprint density at radius 3 is 2.00 bits per heavy atom. The van der Waals surface area contributed by atoms with E-state index in [4.69, 9.17) is 22.9 Å². The zero-order chi connectivity index (χ0) is 28.7. The first-order chi connectivity index (χ1) is 17.9. The number of primary amides is 1. The van der Waals surface area contributed by atoms with E-state index in [0.717, 1.165) is 0 Å². The minimum atomic E-state index is -1.26. The Morgan fingerprint density at radius 1 is 0.868 bits per heavy atom. The lowest BCUT2D eigenvalue weighted by Gasteiger charge is -2.24.